The number of likely N-dealkylation sites (tertiary alicyclic amines) is 1. The molecule has 0 aliphatic carbocycles. The number of benzene rings is 1. The third-order valence-corrected chi connectivity index (χ3v) is 4.01. The number of nitrogens with zero attached hydrogens (tertiary/aromatic N) is 1. The first kappa shape index (κ1) is 17.8. The van der Waals surface area contributed by atoms with Crippen LogP contribution in [0.25, 0.3) is 0 Å². The van der Waals surface area contributed by atoms with E-state index in [2.05, 4.69) is 15.9 Å². The quantitative estimate of drug-likeness (QED) is 0.722. The summed E-state index contributed by atoms with van der Waals surface area (Å²) in [5.41, 5.74) is 0.426. The Labute approximate surface area is 145 Å². The number of hydrogen-bond donors (Lipinski definition) is 0. The molecule has 1 aliphatic heterocycles. The van der Waals surface area contributed by atoms with Crippen molar-refractivity contribution in [3.63, 3.8) is 0 Å². The van der Waals surface area contributed by atoms with Crippen molar-refractivity contribution >= 4 is 28.0 Å². The minimum absolute atomic E-state index is 0.165. The molecular weight excluding hydrogens is 362 g/mol. The van der Waals surface area contributed by atoms with Crippen LogP contribution in [0.3, 0.4) is 0 Å². The molecule has 1 aliphatic rings. The van der Waals surface area contributed by atoms with Crippen molar-refractivity contribution in [2.45, 2.75) is 51.9 Å². The molecule has 0 N–H and O–H groups in total. The molecule has 5 nitrogen and oxygen atoms in total. The predicted octanol–water partition coefficient (Wildman–Crippen LogP) is 4.06. The highest BCUT2D eigenvalue weighted by molar-refractivity contribution is 9.10. The number of carbonyl (C=O) groups is 2. The summed E-state index contributed by atoms with van der Waals surface area (Å²) in [6.45, 7) is 7.22. The van der Waals surface area contributed by atoms with E-state index in [1.54, 1.807) is 4.90 Å². The average Bonchev–Trinajstić information content (AvgIpc) is 2.80. The molecule has 0 radical (unpaired) electrons. The van der Waals surface area contributed by atoms with Gasteiger partial charge in [0.25, 0.3) is 0 Å². The van der Waals surface area contributed by atoms with Crippen molar-refractivity contribution in [3.05, 3.63) is 34.3 Å². The summed E-state index contributed by atoms with van der Waals surface area (Å²) in [5.74, 6) is -0.337. The zero-order chi connectivity index (χ0) is 17.2. The Kier molecular flexibility index (Phi) is 5.34. The lowest BCUT2D eigenvalue weighted by Crippen LogP contribution is -2.37. The summed E-state index contributed by atoms with van der Waals surface area (Å²) < 4.78 is 11.8. The summed E-state index contributed by atoms with van der Waals surface area (Å²) >= 11 is 3.41. The van der Waals surface area contributed by atoms with Gasteiger partial charge in [0.15, 0.2) is 0 Å². The van der Waals surface area contributed by atoms with Crippen LogP contribution in [0.5, 0.6) is 0 Å². The van der Waals surface area contributed by atoms with Crippen molar-refractivity contribution in [2.75, 3.05) is 6.54 Å². The van der Waals surface area contributed by atoms with Crippen LogP contribution in [-0.2, 0) is 14.3 Å². The van der Waals surface area contributed by atoms with E-state index in [0.29, 0.717) is 13.0 Å². The number of esters is 1. The van der Waals surface area contributed by atoms with E-state index in [1.165, 1.54) is 6.92 Å². The SMILES string of the molecule is CC(=O)O[C@H]1C[C@H](c2ccc(Br)cc2)N(C(=O)OC(C)(C)C)C1. The van der Waals surface area contributed by atoms with E-state index >= 15 is 0 Å². The van der Waals surface area contributed by atoms with Crippen LogP contribution in [-0.4, -0.2) is 35.2 Å². The first-order valence-corrected chi connectivity index (χ1v) is 8.37. The zero-order valence-corrected chi connectivity index (χ0v) is 15.4. The maximum absolute atomic E-state index is 12.5. The van der Waals surface area contributed by atoms with Gasteiger partial charge >= 0.3 is 12.1 Å². The Morgan fingerprint density at radius 1 is 1.22 bits per heavy atom. The van der Waals surface area contributed by atoms with Gasteiger partial charge < -0.3 is 9.47 Å². The Bertz CT molecular complexity index is 579. The topological polar surface area (TPSA) is 55.8 Å². The van der Waals surface area contributed by atoms with Gasteiger partial charge in [-0.25, -0.2) is 4.79 Å². The van der Waals surface area contributed by atoms with Crippen molar-refractivity contribution in [3.8, 4) is 0 Å². The molecule has 0 unspecified atom stereocenters. The monoisotopic (exact) mass is 383 g/mol. The van der Waals surface area contributed by atoms with E-state index in [-0.39, 0.29) is 24.2 Å². The molecule has 1 aromatic carbocycles. The Morgan fingerprint density at radius 3 is 2.35 bits per heavy atom. The first-order chi connectivity index (χ1) is 10.7. The number of ether oxygens (including phenoxy) is 2. The normalized spacial score (nSPS) is 21.2. The molecule has 126 valence electrons. The van der Waals surface area contributed by atoms with Crippen molar-refractivity contribution in [1.29, 1.82) is 0 Å². The summed E-state index contributed by atoms with van der Waals surface area (Å²) in [6.07, 6.45) is -0.130. The Balaban J connectivity index is 2.22. The van der Waals surface area contributed by atoms with Gasteiger partial charge in [-0.3, -0.25) is 9.69 Å². The lowest BCUT2D eigenvalue weighted by molar-refractivity contribution is -0.145. The highest BCUT2D eigenvalue weighted by Gasteiger charge is 2.39. The van der Waals surface area contributed by atoms with E-state index < -0.39 is 5.60 Å². The van der Waals surface area contributed by atoms with Crippen molar-refractivity contribution in [2.24, 2.45) is 0 Å². The van der Waals surface area contributed by atoms with E-state index in [4.69, 9.17) is 9.47 Å². The number of halogens is 1. The van der Waals surface area contributed by atoms with E-state index in [0.717, 1.165) is 10.0 Å². The van der Waals surface area contributed by atoms with Crippen molar-refractivity contribution in [1.82, 2.24) is 4.90 Å². The molecule has 1 saturated heterocycles. The van der Waals surface area contributed by atoms with E-state index in [9.17, 15) is 9.59 Å². The van der Waals surface area contributed by atoms with Crippen LogP contribution >= 0.6 is 15.9 Å². The second kappa shape index (κ2) is 6.91. The molecule has 1 aromatic rings. The van der Waals surface area contributed by atoms with Crippen LogP contribution in [0.15, 0.2) is 28.7 Å². The molecule has 23 heavy (non-hydrogen) atoms. The molecule has 0 spiro atoms. The number of rotatable bonds is 2. The molecule has 1 amide bonds. The molecule has 0 aromatic heterocycles. The highest BCUT2D eigenvalue weighted by atomic mass is 79.9. The zero-order valence-electron chi connectivity index (χ0n) is 13.8. The molecule has 2 rings (SSSR count). The number of carbonyl (C=O) groups excluding carboxylic acids is 2. The van der Waals surface area contributed by atoms with Gasteiger partial charge in [0, 0.05) is 17.8 Å². The number of hydrogen-bond acceptors (Lipinski definition) is 4. The maximum atomic E-state index is 12.5. The van der Waals surface area contributed by atoms with Gasteiger partial charge in [0.05, 0.1) is 12.6 Å². The van der Waals surface area contributed by atoms with Gasteiger partial charge in [0.1, 0.15) is 11.7 Å². The second-order valence-corrected chi connectivity index (χ2v) is 7.58. The Morgan fingerprint density at radius 2 is 1.83 bits per heavy atom. The molecular formula is C17H22BrNO4. The van der Waals surface area contributed by atoms with Gasteiger partial charge in [-0.15, -0.1) is 0 Å². The third kappa shape index (κ3) is 4.96. The smallest absolute Gasteiger partial charge is 0.410 e. The van der Waals surface area contributed by atoms with Gasteiger partial charge in [-0.1, -0.05) is 28.1 Å². The number of amides is 1. The molecule has 0 bridgehead atoms. The molecule has 2 atom stereocenters. The Hall–Kier alpha value is -1.56. The summed E-state index contributed by atoms with van der Waals surface area (Å²) in [4.78, 5) is 25.4. The summed E-state index contributed by atoms with van der Waals surface area (Å²) in [6, 6.07) is 7.62. The van der Waals surface area contributed by atoms with E-state index in [1.807, 2.05) is 45.0 Å². The second-order valence-electron chi connectivity index (χ2n) is 6.67. The fraction of sp³-hybridized carbons (Fsp3) is 0.529. The van der Waals surface area contributed by atoms with Crippen LogP contribution in [0.2, 0.25) is 0 Å². The highest BCUT2D eigenvalue weighted by Crippen LogP contribution is 2.35. The minimum atomic E-state index is -0.569. The average molecular weight is 384 g/mol. The van der Waals surface area contributed by atoms with Crippen LogP contribution in [0, 0.1) is 0 Å². The molecule has 6 heteroatoms. The fourth-order valence-electron chi connectivity index (χ4n) is 2.64. The fourth-order valence-corrected chi connectivity index (χ4v) is 2.91. The maximum Gasteiger partial charge on any atom is 0.410 e. The van der Waals surface area contributed by atoms with Gasteiger partial charge in [0.2, 0.25) is 0 Å². The van der Waals surface area contributed by atoms with Gasteiger partial charge in [-0.2, -0.15) is 0 Å². The first-order valence-electron chi connectivity index (χ1n) is 7.58. The largest absolute Gasteiger partial charge is 0.461 e. The molecule has 0 saturated carbocycles. The lowest BCUT2D eigenvalue weighted by Gasteiger charge is -2.28. The summed E-state index contributed by atoms with van der Waals surface area (Å²) in [5, 5.41) is 0. The lowest BCUT2D eigenvalue weighted by atomic mass is 10.0. The predicted molar refractivity (Wildman–Crippen MR) is 90.0 cm³/mol. The minimum Gasteiger partial charge on any atom is -0.461 e. The molecule has 1 heterocycles. The standard InChI is InChI=1S/C17H22BrNO4/c1-11(20)22-14-9-15(12-5-7-13(18)8-6-12)19(10-14)16(21)23-17(2,3)4/h5-8,14-15H,9-10H2,1-4H3/t14-,15+/m0/s1. The molecule has 1 fully saturated rings. The van der Waals surface area contributed by atoms with Crippen LogP contribution < -0.4 is 0 Å². The summed E-state index contributed by atoms with van der Waals surface area (Å²) in [7, 11) is 0. The van der Waals surface area contributed by atoms with Crippen LogP contribution in [0.4, 0.5) is 4.79 Å². The van der Waals surface area contributed by atoms with Crippen molar-refractivity contribution < 1.29 is 19.1 Å². The van der Waals surface area contributed by atoms with Crippen LogP contribution in [0.1, 0.15) is 45.7 Å². The van der Waals surface area contributed by atoms with Gasteiger partial charge in [-0.05, 0) is 38.5 Å². The third-order valence-electron chi connectivity index (χ3n) is 3.48.